The van der Waals surface area contributed by atoms with Crippen molar-refractivity contribution in [2.24, 2.45) is 34.7 Å². The van der Waals surface area contributed by atoms with Crippen LogP contribution < -0.4 is 29.7 Å². The Morgan fingerprint density at radius 2 is 1.68 bits per heavy atom. The Bertz CT molecular complexity index is 2190. The van der Waals surface area contributed by atoms with Gasteiger partial charge in [0.05, 0.1) is 34.1 Å². The minimum atomic E-state index is -3.86. The van der Waals surface area contributed by atoms with Gasteiger partial charge >= 0.3 is 4.87 Å². The molecule has 0 spiro atoms. The fraction of sp³-hybridized carbons (Fsp3) is 0.314. The number of aromatic nitrogens is 1. The third kappa shape index (κ3) is 5.43. The van der Waals surface area contributed by atoms with Gasteiger partial charge in [0.15, 0.2) is 18.1 Å². The molecule has 3 heterocycles. The Kier molecular flexibility index (Phi) is 8.12. The highest BCUT2D eigenvalue weighted by Crippen LogP contribution is 2.68. The monoisotopic (exact) mass is 732 g/mol. The molecule has 258 valence electrons. The molecule has 12 nitrogen and oxygen atoms in total. The Labute approximate surface area is 295 Å². The van der Waals surface area contributed by atoms with Gasteiger partial charge in [-0.1, -0.05) is 35.6 Å². The molecule has 0 radical (unpaired) electrons. The zero-order chi connectivity index (χ0) is 34.9. The maximum absolute atomic E-state index is 14.0. The number of hydrogen-bond donors (Lipinski definition) is 3. The summed E-state index contributed by atoms with van der Waals surface area (Å²) in [5, 5.41) is 8.65. The third-order valence-electron chi connectivity index (χ3n) is 10.2. The lowest BCUT2D eigenvalue weighted by atomic mass is 9.68. The highest BCUT2D eigenvalue weighted by atomic mass is 32.2. The van der Waals surface area contributed by atoms with E-state index in [1.165, 1.54) is 40.5 Å². The van der Waals surface area contributed by atoms with Crippen LogP contribution in [0, 0.1) is 29.6 Å². The van der Waals surface area contributed by atoms with Crippen molar-refractivity contribution in [3.63, 3.8) is 0 Å². The standard InChI is InChI=1S/C35H32N4O8S3/c1-2-46-24-14-17(8-13-23(24)47-16-25(40)37-18-9-11-20(12-10-18)50(36,44)45)26-27-21-15-22(30(27)48-32-31(26)49-35(43)38-32)29-28(21)33(41)39(34(29)42)19-6-4-3-5-7-19/h3-14,21-22,26-30H,2,15-16H2,1H3,(H,37,40)(H,38,43)(H2,36,44,45)/t21?,22?,26-,27?,28?,29?,30?/m1/s1. The van der Waals surface area contributed by atoms with Crippen molar-refractivity contribution in [1.29, 1.82) is 0 Å². The number of rotatable bonds is 9. The van der Waals surface area contributed by atoms with Gasteiger partial charge < -0.3 is 19.8 Å². The molecule has 4 N–H and O–H groups in total. The number of thioether (sulfide) groups is 1. The molecule has 2 bridgehead atoms. The van der Waals surface area contributed by atoms with Crippen LogP contribution in [-0.4, -0.2) is 49.6 Å². The number of amides is 3. The van der Waals surface area contributed by atoms with Gasteiger partial charge in [-0.05, 0) is 85.2 Å². The SMILES string of the molecule is CCOc1cc([C@H]2c3sc(=O)[nH]c3SC3C4CC(C5C(=O)N(c6ccccc6)C(=O)C45)C32)ccc1OCC(=O)Nc1ccc(S(N)(=O)=O)cc1. The van der Waals surface area contributed by atoms with Crippen LogP contribution in [0.1, 0.15) is 29.7 Å². The number of sulfonamides is 1. The van der Waals surface area contributed by atoms with Crippen molar-refractivity contribution in [2.45, 2.75) is 34.4 Å². The molecule has 8 rings (SSSR count). The maximum Gasteiger partial charge on any atom is 0.305 e. The van der Waals surface area contributed by atoms with E-state index in [0.29, 0.717) is 29.5 Å². The van der Waals surface area contributed by atoms with E-state index in [-0.39, 0.29) is 63.0 Å². The lowest BCUT2D eigenvalue weighted by molar-refractivity contribution is -0.123. The van der Waals surface area contributed by atoms with Crippen LogP contribution in [-0.2, 0) is 24.4 Å². The van der Waals surface area contributed by atoms with E-state index in [0.717, 1.165) is 21.9 Å². The molecular formula is C35H32N4O8S3. The zero-order valence-electron chi connectivity index (χ0n) is 26.6. The second kappa shape index (κ2) is 12.4. The summed E-state index contributed by atoms with van der Waals surface area (Å²) in [7, 11) is -3.86. The highest BCUT2D eigenvalue weighted by molar-refractivity contribution is 8.00. The van der Waals surface area contributed by atoms with E-state index in [1.54, 1.807) is 30.0 Å². The van der Waals surface area contributed by atoms with Crippen LogP contribution in [0.15, 0.2) is 87.5 Å². The van der Waals surface area contributed by atoms with E-state index in [9.17, 15) is 27.6 Å². The average molecular weight is 733 g/mol. The number of aromatic amines is 1. The molecule has 4 aromatic rings. The van der Waals surface area contributed by atoms with Crippen LogP contribution in [0.5, 0.6) is 11.5 Å². The summed E-state index contributed by atoms with van der Waals surface area (Å²) in [6.07, 6.45) is 0.771. The number of nitrogens with zero attached hydrogens (tertiary/aromatic N) is 1. The molecule has 50 heavy (non-hydrogen) atoms. The molecule has 2 aliphatic carbocycles. The number of nitrogens with two attached hydrogens (primary N) is 1. The number of benzene rings is 3. The maximum atomic E-state index is 14.0. The molecule has 2 saturated carbocycles. The van der Waals surface area contributed by atoms with Gasteiger partial charge in [0.2, 0.25) is 21.8 Å². The van der Waals surface area contributed by atoms with Crippen LogP contribution >= 0.6 is 23.1 Å². The predicted octanol–water partition coefficient (Wildman–Crippen LogP) is 4.18. The number of hydrogen-bond acceptors (Lipinski definition) is 10. The number of imide groups is 1. The van der Waals surface area contributed by atoms with Crippen LogP contribution in [0.3, 0.4) is 0 Å². The zero-order valence-corrected chi connectivity index (χ0v) is 29.1. The summed E-state index contributed by atoms with van der Waals surface area (Å²) in [5.41, 5.74) is 1.87. The number of ether oxygens (including phenoxy) is 2. The molecule has 15 heteroatoms. The molecule has 1 saturated heterocycles. The number of carbonyl (C=O) groups is 3. The van der Waals surface area contributed by atoms with Crippen LogP contribution in [0.4, 0.5) is 11.4 Å². The van der Waals surface area contributed by atoms with Crippen molar-refractivity contribution in [3.05, 3.63) is 92.9 Å². The first-order valence-electron chi connectivity index (χ1n) is 16.2. The highest BCUT2D eigenvalue weighted by Gasteiger charge is 2.69. The normalized spacial score (nSPS) is 26.4. The minimum absolute atomic E-state index is 0.00495. The number of primary sulfonamides is 1. The van der Waals surface area contributed by atoms with Gasteiger partial charge in [-0.2, -0.15) is 0 Å². The number of anilines is 2. The lowest BCUT2D eigenvalue weighted by Crippen LogP contribution is -2.42. The van der Waals surface area contributed by atoms with Crippen molar-refractivity contribution in [1.82, 2.24) is 4.98 Å². The summed E-state index contributed by atoms with van der Waals surface area (Å²) >= 11 is 2.80. The van der Waals surface area contributed by atoms with Crippen molar-refractivity contribution < 1.29 is 32.3 Å². The van der Waals surface area contributed by atoms with Crippen molar-refractivity contribution >= 4 is 62.2 Å². The predicted molar refractivity (Wildman–Crippen MR) is 187 cm³/mol. The van der Waals surface area contributed by atoms with Gasteiger partial charge in [0, 0.05) is 21.7 Å². The number of para-hydroxylation sites is 1. The van der Waals surface area contributed by atoms with E-state index in [4.69, 9.17) is 14.6 Å². The second-order valence-electron chi connectivity index (χ2n) is 12.9. The number of fused-ring (bicyclic) bond motifs is 9. The lowest BCUT2D eigenvalue weighted by Gasteiger charge is -2.43. The molecule has 7 atom stereocenters. The second-order valence-corrected chi connectivity index (χ2v) is 16.6. The van der Waals surface area contributed by atoms with Gasteiger partial charge in [0.25, 0.3) is 5.91 Å². The fourth-order valence-corrected chi connectivity index (χ4v) is 11.8. The summed E-state index contributed by atoms with van der Waals surface area (Å²) in [4.78, 5) is 58.3. The topological polar surface area (TPSA) is 178 Å². The Morgan fingerprint density at radius 1 is 0.960 bits per heavy atom. The third-order valence-corrected chi connectivity index (χ3v) is 13.7. The van der Waals surface area contributed by atoms with Gasteiger partial charge in [0.1, 0.15) is 0 Å². The van der Waals surface area contributed by atoms with Gasteiger partial charge in [-0.3, -0.25) is 24.1 Å². The molecule has 2 aliphatic heterocycles. The number of thiazole rings is 1. The Hall–Kier alpha value is -4.44. The average Bonchev–Trinajstić information content (AvgIpc) is 3.83. The van der Waals surface area contributed by atoms with E-state index in [1.807, 2.05) is 37.3 Å². The van der Waals surface area contributed by atoms with Crippen molar-refractivity contribution in [3.8, 4) is 11.5 Å². The van der Waals surface area contributed by atoms with Crippen molar-refractivity contribution in [2.75, 3.05) is 23.4 Å². The molecule has 1 aromatic heterocycles. The van der Waals surface area contributed by atoms with Gasteiger partial charge in [-0.25, -0.2) is 13.6 Å². The Balaban J connectivity index is 1.07. The van der Waals surface area contributed by atoms with Crippen LogP contribution in [0.2, 0.25) is 0 Å². The summed E-state index contributed by atoms with van der Waals surface area (Å²) < 4.78 is 34.9. The molecular weight excluding hydrogens is 701 g/mol. The fourth-order valence-electron chi connectivity index (χ4n) is 8.40. The minimum Gasteiger partial charge on any atom is -0.490 e. The largest absolute Gasteiger partial charge is 0.490 e. The van der Waals surface area contributed by atoms with E-state index >= 15 is 0 Å². The molecule has 3 fully saturated rings. The first-order chi connectivity index (χ1) is 24.0. The Morgan fingerprint density at radius 3 is 2.38 bits per heavy atom. The summed E-state index contributed by atoms with van der Waals surface area (Å²) in [5.74, 6) is -1.04. The molecule has 3 amide bonds. The number of carbonyl (C=O) groups excluding carboxylic acids is 3. The molecule has 3 aromatic carbocycles. The van der Waals surface area contributed by atoms with E-state index < -0.39 is 21.8 Å². The quantitative estimate of drug-likeness (QED) is 0.213. The van der Waals surface area contributed by atoms with E-state index in [2.05, 4.69) is 10.3 Å². The van der Waals surface area contributed by atoms with Gasteiger partial charge in [-0.15, -0.1) is 11.8 Å². The molecule has 6 unspecified atom stereocenters. The summed E-state index contributed by atoms with van der Waals surface area (Å²) in [6, 6.07) is 20.1. The molecule has 4 aliphatic rings. The first kappa shape index (κ1) is 32.7. The summed E-state index contributed by atoms with van der Waals surface area (Å²) in [6.45, 7) is 1.83. The first-order valence-corrected chi connectivity index (χ1v) is 19.4. The smallest absolute Gasteiger partial charge is 0.305 e. The number of H-pyrrole nitrogens is 1. The number of nitrogens with one attached hydrogen (secondary N) is 2. The van der Waals surface area contributed by atoms with Crippen LogP contribution in [0.25, 0.3) is 0 Å².